The van der Waals surface area contributed by atoms with Crippen molar-refractivity contribution in [3.8, 4) is 11.5 Å². The van der Waals surface area contributed by atoms with Crippen LogP contribution in [-0.2, 0) is 4.79 Å². The van der Waals surface area contributed by atoms with Crippen molar-refractivity contribution in [1.29, 1.82) is 0 Å². The highest BCUT2D eigenvalue weighted by Crippen LogP contribution is 2.29. The van der Waals surface area contributed by atoms with E-state index in [1.165, 1.54) is 17.8 Å². The van der Waals surface area contributed by atoms with Crippen LogP contribution in [0.5, 0.6) is 11.5 Å². The number of rotatable bonds is 2. The van der Waals surface area contributed by atoms with Gasteiger partial charge in [0.05, 0.1) is 10.6 Å². The standard InChI is InChI=1S/C16H12N2O3S/c19-12-6-4-10(5-7-12)8-14-15(21)18-16(22-14)17-11-2-1-3-13(20)9-11/h1-9,19-20H,(H,17,18,21)/b14-8-. The van der Waals surface area contributed by atoms with Crippen LogP contribution in [0, 0.1) is 0 Å². The summed E-state index contributed by atoms with van der Waals surface area (Å²) in [5.41, 5.74) is 1.38. The summed E-state index contributed by atoms with van der Waals surface area (Å²) in [5.74, 6) is 0.0739. The van der Waals surface area contributed by atoms with E-state index in [9.17, 15) is 15.0 Å². The Hall–Kier alpha value is -2.73. The molecule has 6 heteroatoms. The number of amidine groups is 1. The van der Waals surface area contributed by atoms with Gasteiger partial charge in [-0.3, -0.25) is 4.79 Å². The van der Waals surface area contributed by atoms with Crippen LogP contribution >= 0.6 is 11.8 Å². The number of aromatic hydroxyl groups is 2. The highest BCUT2D eigenvalue weighted by atomic mass is 32.2. The average molecular weight is 312 g/mol. The minimum Gasteiger partial charge on any atom is -0.508 e. The van der Waals surface area contributed by atoms with Gasteiger partial charge in [0.2, 0.25) is 0 Å². The first-order chi connectivity index (χ1) is 10.6. The molecule has 3 N–H and O–H groups in total. The van der Waals surface area contributed by atoms with Crippen molar-refractivity contribution in [2.24, 2.45) is 4.99 Å². The van der Waals surface area contributed by atoms with Crippen LogP contribution in [0.15, 0.2) is 58.4 Å². The van der Waals surface area contributed by atoms with Crippen LogP contribution in [0.2, 0.25) is 0 Å². The highest BCUT2D eigenvalue weighted by molar-refractivity contribution is 8.18. The molecule has 0 bridgehead atoms. The maximum atomic E-state index is 11.9. The van der Waals surface area contributed by atoms with E-state index in [0.717, 1.165) is 5.56 Å². The molecule has 1 aliphatic heterocycles. The van der Waals surface area contributed by atoms with E-state index in [2.05, 4.69) is 10.3 Å². The summed E-state index contributed by atoms with van der Waals surface area (Å²) in [6.07, 6.45) is 1.73. The second-order valence-corrected chi connectivity index (χ2v) is 5.62. The number of benzene rings is 2. The summed E-state index contributed by atoms with van der Waals surface area (Å²) < 4.78 is 0. The number of hydrogen-bond acceptors (Lipinski definition) is 5. The Morgan fingerprint density at radius 3 is 2.55 bits per heavy atom. The quantitative estimate of drug-likeness (QED) is 0.745. The molecule has 3 rings (SSSR count). The van der Waals surface area contributed by atoms with Crippen LogP contribution in [0.3, 0.4) is 0 Å². The third-order valence-electron chi connectivity index (χ3n) is 2.90. The molecule has 0 atom stereocenters. The summed E-state index contributed by atoms with van der Waals surface area (Å²) in [6, 6.07) is 13.1. The monoisotopic (exact) mass is 312 g/mol. The van der Waals surface area contributed by atoms with E-state index in [-0.39, 0.29) is 17.4 Å². The summed E-state index contributed by atoms with van der Waals surface area (Å²) >= 11 is 1.22. The van der Waals surface area contributed by atoms with Crippen molar-refractivity contribution in [2.75, 3.05) is 0 Å². The first kappa shape index (κ1) is 14.2. The number of phenolic OH excluding ortho intramolecular Hbond substituents is 2. The molecular weight excluding hydrogens is 300 g/mol. The van der Waals surface area contributed by atoms with Crippen LogP contribution < -0.4 is 5.32 Å². The Balaban J connectivity index is 1.82. The minimum atomic E-state index is -0.225. The molecule has 1 fully saturated rings. The zero-order valence-corrected chi connectivity index (χ0v) is 12.2. The first-order valence-electron chi connectivity index (χ1n) is 6.48. The third kappa shape index (κ3) is 3.29. The second-order valence-electron chi connectivity index (χ2n) is 4.59. The predicted octanol–water partition coefficient (Wildman–Crippen LogP) is 2.99. The van der Waals surface area contributed by atoms with Gasteiger partial charge in [-0.1, -0.05) is 18.2 Å². The van der Waals surface area contributed by atoms with Crippen molar-refractivity contribution in [1.82, 2.24) is 5.32 Å². The number of phenols is 2. The van der Waals surface area contributed by atoms with Crippen molar-refractivity contribution < 1.29 is 15.0 Å². The van der Waals surface area contributed by atoms with Gasteiger partial charge in [-0.15, -0.1) is 0 Å². The summed E-state index contributed by atoms with van der Waals surface area (Å²) in [7, 11) is 0. The molecule has 5 nitrogen and oxygen atoms in total. The van der Waals surface area contributed by atoms with Gasteiger partial charge in [0.25, 0.3) is 5.91 Å². The van der Waals surface area contributed by atoms with Gasteiger partial charge < -0.3 is 15.5 Å². The molecule has 2 aromatic rings. The first-order valence-corrected chi connectivity index (χ1v) is 7.29. The predicted molar refractivity (Wildman–Crippen MR) is 87.0 cm³/mol. The number of nitrogens with zero attached hydrogens (tertiary/aromatic N) is 1. The summed E-state index contributed by atoms with van der Waals surface area (Å²) in [4.78, 5) is 16.7. The van der Waals surface area contributed by atoms with Crippen LogP contribution in [-0.4, -0.2) is 21.3 Å². The third-order valence-corrected chi connectivity index (χ3v) is 3.81. The normalized spacial score (nSPS) is 17.9. The summed E-state index contributed by atoms with van der Waals surface area (Å²) in [5, 5.41) is 21.8. The zero-order valence-electron chi connectivity index (χ0n) is 11.4. The molecule has 1 aliphatic rings. The lowest BCUT2D eigenvalue weighted by atomic mass is 10.2. The van der Waals surface area contributed by atoms with Crippen molar-refractivity contribution in [2.45, 2.75) is 0 Å². The number of aliphatic imine (C=N–C) groups is 1. The molecule has 22 heavy (non-hydrogen) atoms. The fraction of sp³-hybridized carbons (Fsp3) is 0. The summed E-state index contributed by atoms with van der Waals surface area (Å²) in [6.45, 7) is 0. The van der Waals surface area contributed by atoms with Crippen molar-refractivity contribution in [3.63, 3.8) is 0 Å². The molecule has 0 radical (unpaired) electrons. The molecule has 1 heterocycles. The number of thioether (sulfide) groups is 1. The lowest BCUT2D eigenvalue weighted by molar-refractivity contribution is -0.115. The van der Waals surface area contributed by atoms with Crippen LogP contribution in [0.4, 0.5) is 5.69 Å². The lowest BCUT2D eigenvalue weighted by Crippen LogP contribution is -2.19. The molecule has 2 aromatic carbocycles. The van der Waals surface area contributed by atoms with Gasteiger partial charge in [0, 0.05) is 6.07 Å². The number of carbonyl (C=O) groups is 1. The van der Waals surface area contributed by atoms with Gasteiger partial charge >= 0.3 is 0 Å². The van der Waals surface area contributed by atoms with Crippen LogP contribution in [0.1, 0.15) is 5.56 Å². The SMILES string of the molecule is O=C1NC(=Nc2cccc(O)c2)S/C1=C\c1ccc(O)cc1. The number of carbonyl (C=O) groups excluding carboxylic acids is 1. The van der Waals surface area contributed by atoms with Gasteiger partial charge in [-0.25, -0.2) is 4.99 Å². The molecule has 110 valence electrons. The molecule has 0 spiro atoms. The highest BCUT2D eigenvalue weighted by Gasteiger charge is 2.23. The zero-order chi connectivity index (χ0) is 15.5. The molecule has 0 unspecified atom stereocenters. The Bertz CT molecular complexity index is 782. The number of hydrogen-bond donors (Lipinski definition) is 3. The fourth-order valence-corrected chi connectivity index (χ4v) is 2.72. The van der Waals surface area contributed by atoms with Gasteiger partial charge in [0.15, 0.2) is 5.17 Å². The van der Waals surface area contributed by atoms with E-state index in [1.807, 2.05) is 0 Å². The Labute approximate surface area is 131 Å². The second kappa shape index (κ2) is 5.95. The van der Waals surface area contributed by atoms with E-state index >= 15 is 0 Å². The minimum absolute atomic E-state index is 0.121. The molecule has 1 amide bonds. The van der Waals surface area contributed by atoms with Gasteiger partial charge in [-0.05, 0) is 47.7 Å². The largest absolute Gasteiger partial charge is 0.508 e. The van der Waals surface area contributed by atoms with E-state index in [4.69, 9.17) is 0 Å². The topological polar surface area (TPSA) is 81.9 Å². The van der Waals surface area contributed by atoms with Gasteiger partial charge in [-0.2, -0.15) is 0 Å². The van der Waals surface area contributed by atoms with E-state index < -0.39 is 0 Å². The van der Waals surface area contributed by atoms with Crippen LogP contribution in [0.25, 0.3) is 6.08 Å². The molecule has 0 saturated carbocycles. The lowest BCUT2D eigenvalue weighted by Gasteiger charge is -1.97. The fourth-order valence-electron chi connectivity index (χ4n) is 1.88. The van der Waals surface area contributed by atoms with Crippen molar-refractivity contribution in [3.05, 3.63) is 59.0 Å². The van der Waals surface area contributed by atoms with Gasteiger partial charge in [0.1, 0.15) is 11.5 Å². The maximum Gasteiger partial charge on any atom is 0.264 e. The molecule has 1 saturated heterocycles. The Kier molecular flexibility index (Phi) is 3.84. The van der Waals surface area contributed by atoms with Crippen molar-refractivity contribution >= 4 is 34.6 Å². The molecule has 0 aliphatic carbocycles. The Morgan fingerprint density at radius 2 is 1.82 bits per heavy atom. The maximum absolute atomic E-state index is 11.9. The average Bonchev–Trinajstić information content (AvgIpc) is 2.81. The molecular formula is C16H12N2O3S. The Morgan fingerprint density at radius 1 is 1.05 bits per heavy atom. The number of amides is 1. The van der Waals surface area contributed by atoms with E-state index in [0.29, 0.717) is 15.8 Å². The number of nitrogens with one attached hydrogen (secondary N) is 1. The smallest absolute Gasteiger partial charge is 0.264 e. The van der Waals surface area contributed by atoms with E-state index in [1.54, 1.807) is 48.5 Å². The molecule has 0 aromatic heterocycles.